The van der Waals surface area contributed by atoms with Crippen molar-refractivity contribution in [1.29, 1.82) is 0 Å². The third kappa shape index (κ3) is 4.47. The summed E-state index contributed by atoms with van der Waals surface area (Å²) in [5.74, 6) is 2.20. The zero-order valence-corrected chi connectivity index (χ0v) is 16.2. The number of piperidine rings is 1. The summed E-state index contributed by atoms with van der Waals surface area (Å²) in [6, 6.07) is 7.65. The Hall–Kier alpha value is -2.41. The van der Waals surface area contributed by atoms with Gasteiger partial charge in [-0.05, 0) is 37.0 Å². The van der Waals surface area contributed by atoms with Crippen molar-refractivity contribution in [3.05, 3.63) is 41.5 Å². The van der Waals surface area contributed by atoms with Gasteiger partial charge in [0.05, 0.1) is 13.5 Å². The van der Waals surface area contributed by atoms with Crippen molar-refractivity contribution in [3.8, 4) is 5.75 Å². The van der Waals surface area contributed by atoms with Gasteiger partial charge in [0.15, 0.2) is 5.82 Å². The van der Waals surface area contributed by atoms with Crippen LogP contribution < -0.4 is 4.74 Å². The van der Waals surface area contributed by atoms with Crippen LogP contribution in [0.25, 0.3) is 0 Å². The van der Waals surface area contributed by atoms with Crippen LogP contribution in [0.3, 0.4) is 0 Å². The average molecular weight is 373 g/mol. The second-order valence-corrected chi connectivity index (χ2v) is 7.07. The number of hydrogen-bond acceptors (Lipinski definition) is 6. The SMILES string of the molecule is COCCC1(c2noc(C)n2)CCN(C(=O)Cc2cccc(OC)c2)CC1. The van der Waals surface area contributed by atoms with Crippen molar-refractivity contribution in [2.24, 2.45) is 0 Å². The third-order valence-corrected chi connectivity index (χ3v) is 5.35. The molecule has 7 nitrogen and oxygen atoms in total. The molecular formula is C20H27N3O4. The molecule has 2 heterocycles. The minimum absolute atomic E-state index is 0.132. The Morgan fingerprint density at radius 3 is 2.70 bits per heavy atom. The highest BCUT2D eigenvalue weighted by Gasteiger charge is 2.40. The average Bonchev–Trinajstić information content (AvgIpc) is 3.14. The molecule has 1 amide bonds. The summed E-state index contributed by atoms with van der Waals surface area (Å²) in [5.41, 5.74) is 0.768. The first-order valence-electron chi connectivity index (χ1n) is 9.27. The van der Waals surface area contributed by atoms with Crippen LogP contribution in [0.2, 0.25) is 0 Å². The van der Waals surface area contributed by atoms with E-state index in [-0.39, 0.29) is 11.3 Å². The quantitative estimate of drug-likeness (QED) is 0.742. The molecular weight excluding hydrogens is 346 g/mol. The van der Waals surface area contributed by atoms with E-state index in [1.165, 1.54) is 0 Å². The maximum Gasteiger partial charge on any atom is 0.226 e. The van der Waals surface area contributed by atoms with Crippen LogP contribution in [-0.4, -0.2) is 54.9 Å². The van der Waals surface area contributed by atoms with Gasteiger partial charge in [0.1, 0.15) is 5.75 Å². The number of ether oxygens (including phenoxy) is 2. The molecule has 0 saturated carbocycles. The predicted molar refractivity (Wildman–Crippen MR) is 99.7 cm³/mol. The number of carbonyl (C=O) groups excluding carboxylic acids is 1. The van der Waals surface area contributed by atoms with E-state index >= 15 is 0 Å². The molecule has 1 aliphatic rings. The van der Waals surface area contributed by atoms with Crippen LogP contribution >= 0.6 is 0 Å². The van der Waals surface area contributed by atoms with Gasteiger partial charge in [-0.1, -0.05) is 17.3 Å². The fourth-order valence-corrected chi connectivity index (χ4v) is 3.65. The van der Waals surface area contributed by atoms with Gasteiger partial charge in [0, 0.05) is 39.1 Å². The smallest absolute Gasteiger partial charge is 0.226 e. The number of carbonyl (C=O) groups is 1. The predicted octanol–water partition coefficient (Wildman–Crippen LogP) is 2.53. The highest BCUT2D eigenvalue weighted by atomic mass is 16.5. The molecule has 1 saturated heterocycles. The summed E-state index contributed by atoms with van der Waals surface area (Å²) >= 11 is 0. The highest BCUT2D eigenvalue weighted by molar-refractivity contribution is 5.79. The van der Waals surface area contributed by atoms with E-state index in [4.69, 9.17) is 14.0 Å². The highest BCUT2D eigenvalue weighted by Crippen LogP contribution is 2.37. The molecule has 1 aliphatic heterocycles. The maximum atomic E-state index is 12.7. The van der Waals surface area contributed by atoms with E-state index in [1.54, 1.807) is 21.1 Å². The summed E-state index contributed by atoms with van der Waals surface area (Å²) in [7, 11) is 3.33. The molecule has 0 aliphatic carbocycles. The van der Waals surface area contributed by atoms with Crippen molar-refractivity contribution in [2.45, 2.75) is 38.0 Å². The van der Waals surface area contributed by atoms with Crippen LogP contribution in [-0.2, 0) is 21.4 Å². The first kappa shape index (κ1) is 19.4. The molecule has 0 unspecified atom stereocenters. The first-order chi connectivity index (χ1) is 13.1. The van der Waals surface area contributed by atoms with E-state index in [0.717, 1.165) is 36.4 Å². The van der Waals surface area contributed by atoms with E-state index in [0.29, 0.717) is 32.0 Å². The Morgan fingerprint density at radius 2 is 2.07 bits per heavy atom. The number of likely N-dealkylation sites (tertiary alicyclic amines) is 1. The topological polar surface area (TPSA) is 77.7 Å². The van der Waals surface area contributed by atoms with Crippen molar-refractivity contribution in [2.75, 3.05) is 33.9 Å². The van der Waals surface area contributed by atoms with Gasteiger partial charge in [0.25, 0.3) is 0 Å². The number of benzene rings is 1. The van der Waals surface area contributed by atoms with Gasteiger partial charge >= 0.3 is 0 Å². The van der Waals surface area contributed by atoms with Gasteiger partial charge in [-0.25, -0.2) is 0 Å². The minimum atomic E-state index is -0.194. The lowest BCUT2D eigenvalue weighted by atomic mass is 9.75. The molecule has 0 radical (unpaired) electrons. The standard InChI is InChI=1S/C20H27N3O4/c1-15-21-19(22-27-15)20(9-12-25-2)7-10-23(11-8-20)18(24)14-16-5-4-6-17(13-16)26-3/h4-6,13H,7-12,14H2,1-3H3. The summed E-state index contributed by atoms with van der Waals surface area (Å²) in [6.45, 7) is 3.79. The number of nitrogens with zero attached hydrogens (tertiary/aromatic N) is 3. The van der Waals surface area contributed by atoms with Crippen molar-refractivity contribution < 1.29 is 18.8 Å². The number of aryl methyl sites for hydroxylation is 1. The Kier molecular flexibility index (Phi) is 6.11. The summed E-state index contributed by atoms with van der Waals surface area (Å²) in [5, 5.41) is 4.16. The van der Waals surface area contributed by atoms with Crippen molar-refractivity contribution in [3.63, 3.8) is 0 Å². The molecule has 0 bridgehead atoms. The lowest BCUT2D eigenvalue weighted by Crippen LogP contribution is -2.46. The lowest BCUT2D eigenvalue weighted by Gasteiger charge is -2.39. The van der Waals surface area contributed by atoms with Crippen LogP contribution in [0.4, 0.5) is 0 Å². The fourth-order valence-electron chi connectivity index (χ4n) is 3.65. The Balaban J connectivity index is 1.65. The van der Waals surface area contributed by atoms with Crippen molar-refractivity contribution in [1.82, 2.24) is 15.0 Å². The van der Waals surface area contributed by atoms with Gasteiger partial charge in [-0.2, -0.15) is 4.98 Å². The molecule has 1 aromatic carbocycles. The number of aromatic nitrogens is 2. The van der Waals surface area contributed by atoms with E-state index < -0.39 is 0 Å². The Labute approximate surface area is 159 Å². The summed E-state index contributed by atoms with van der Waals surface area (Å²) in [6.07, 6.45) is 2.81. The number of rotatable bonds is 7. The van der Waals surface area contributed by atoms with Crippen molar-refractivity contribution >= 4 is 5.91 Å². The van der Waals surface area contributed by atoms with Crippen LogP contribution in [0.1, 0.15) is 36.5 Å². The molecule has 0 N–H and O–H groups in total. The summed E-state index contributed by atoms with van der Waals surface area (Å²) < 4.78 is 15.7. The molecule has 0 spiro atoms. The molecule has 2 aromatic rings. The molecule has 3 rings (SSSR count). The zero-order chi connectivity index (χ0) is 19.3. The third-order valence-electron chi connectivity index (χ3n) is 5.35. The molecule has 27 heavy (non-hydrogen) atoms. The number of hydrogen-bond donors (Lipinski definition) is 0. The van der Waals surface area contributed by atoms with Gasteiger partial charge < -0.3 is 18.9 Å². The largest absolute Gasteiger partial charge is 0.497 e. The van der Waals surface area contributed by atoms with Crippen LogP contribution in [0, 0.1) is 6.92 Å². The molecule has 1 fully saturated rings. The maximum absolute atomic E-state index is 12.7. The molecule has 0 atom stereocenters. The molecule has 146 valence electrons. The second kappa shape index (κ2) is 8.52. The normalized spacial score (nSPS) is 16.3. The monoisotopic (exact) mass is 373 g/mol. The number of methoxy groups -OCH3 is 2. The van der Waals surface area contributed by atoms with E-state index in [2.05, 4.69) is 10.1 Å². The van der Waals surface area contributed by atoms with Crippen LogP contribution in [0.5, 0.6) is 5.75 Å². The lowest BCUT2D eigenvalue weighted by molar-refractivity contribution is -0.132. The second-order valence-electron chi connectivity index (χ2n) is 7.07. The minimum Gasteiger partial charge on any atom is -0.497 e. The molecule has 1 aromatic heterocycles. The van der Waals surface area contributed by atoms with E-state index in [1.807, 2.05) is 29.2 Å². The van der Waals surface area contributed by atoms with Gasteiger partial charge in [-0.15, -0.1) is 0 Å². The summed E-state index contributed by atoms with van der Waals surface area (Å²) in [4.78, 5) is 19.1. The Morgan fingerprint density at radius 1 is 1.30 bits per heavy atom. The number of amides is 1. The van der Waals surface area contributed by atoms with Gasteiger partial charge in [0.2, 0.25) is 11.8 Å². The van der Waals surface area contributed by atoms with Crippen LogP contribution in [0.15, 0.2) is 28.8 Å². The Bertz CT molecular complexity index is 766. The fraction of sp³-hybridized carbons (Fsp3) is 0.550. The first-order valence-corrected chi connectivity index (χ1v) is 9.27. The molecule has 7 heteroatoms. The van der Waals surface area contributed by atoms with Gasteiger partial charge in [-0.3, -0.25) is 4.79 Å². The zero-order valence-electron chi connectivity index (χ0n) is 16.2. The van der Waals surface area contributed by atoms with E-state index in [9.17, 15) is 4.79 Å².